The number of rotatable bonds is 5. The van der Waals surface area contributed by atoms with Gasteiger partial charge >= 0.3 is 0 Å². The topological polar surface area (TPSA) is 60.9 Å². The first-order chi connectivity index (χ1) is 12.6. The number of nitrogens with one attached hydrogen (secondary N) is 1. The summed E-state index contributed by atoms with van der Waals surface area (Å²) >= 11 is 0. The van der Waals surface area contributed by atoms with Crippen LogP contribution >= 0.6 is 0 Å². The molecule has 2 unspecified atom stereocenters. The summed E-state index contributed by atoms with van der Waals surface area (Å²) in [4.78, 5) is 5.44. The summed E-state index contributed by atoms with van der Waals surface area (Å²) in [6.45, 7) is 11.8. The van der Waals surface area contributed by atoms with Crippen LogP contribution in [0.25, 0.3) is 11.4 Å². The molecule has 0 bridgehead atoms. The van der Waals surface area contributed by atoms with Crippen molar-refractivity contribution in [3.05, 3.63) is 29.3 Å². The van der Waals surface area contributed by atoms with Crippen LogP contribution in [0, 0.1) is 12.8 Å². The summed E-state index contributed by atoms with van der Waals surface area (Å²) < 4.78 is 0. The van der Waals surface area contributed by atoms with Gasteiger partial charge in [0, 0.05) is 30.7 Å². The molecule has 6 heteroatoms. The van der Waals surface area contributed by atoms with E-state index in [1.807, 2.05) is 0 Å². The number of benzene rings is 1. The van der Waals surface area contributed by atoms with Crippen molar-refractivity contribution in [1.82, 2.24) is 30.4 Å². The van der Waals surface area contributed by atoms with Gasteiger partial charge in [0.2, 0.25) is 5.82 Å². The summed E-state index contributed by atoms with van der Waals surface area (Å²) in [7, 11) is 0. The fourth-order valence-electron chi connectivity index (χ4n) is 4.67. The van der Waals surface area contributed by atoms with Gasteiger partial charge in [-0.15, -0.1) is 10.2 Å². The largest absolute Gasteiger partial charge is 0.299 e. The number of likely N-dealkylation sites (tertiary alicyclic amines) is 2. The first-order valence-corrected chi connectivity index (χ1v) is 9.93. The smallest absolute Gasteiger partial charge is 0.204 e. The summed E-state index contributed by atoms with van der Waals surface area (Å²) in [5.41, 5.74) is 3.74. The molecule has 2 atom stereocenters. The number of H-pyrrole nitrogens is 1. The molecule has 1 aromatic carbocycles. The molecule has 0 saturated carbocycles. The second kappa shape index (κ2) is 7.45. The third-order valence-corrected chi connectivity index (χ3v) is 6.17. The fourth-order valence-corrected chi connectivity index (χ4v) is 4.67. The maximum absolute atomic E-state index is 4.09. The fraction of sp³-hybridized carbons (Fsp3) is 0.650. The molecule has 0 radical (unpaired) electrons. The molecule has 2 aromatic rings. The van der Waals surface area contributed by atoms with Crippen molar-refractivity contribution in [2.24, 2.45) is 5.92 Å². The molecular formula is C20H30N6. The Morgan fingerprint density at radius 1 is 1.23 bits per heavy atom. The summed E-state index contributed by atoms with van der Waals surface area (Å²) in [5, 5.41) is 14.4. The third-order valence-electron chi connectivity index (χ3n) is 6.17. The molecule has 1 N–H and O–H groups in total. The number of hydrogen-bond acceptors (Lipinski definition) is 5. The van der Waals surface area contributed by atoms with Crippen LogP contribution in [-0.2, 0) is 6.54 Å². The molecule has 0 spiro atoms. The van der Waals surface area contributed by atoms with Crippen LogP contribution in [0.15, 0.2) is 18.2 Å². The number of aromatic nitrogens is 4. The van der Waals surface area contributed by atoms with E-state index in [4.69, 9.17) is 0 Å². The SMILES string of the molecule is Cc1cc(-c2nn[nH]n2)ccc1CN1CC(N2CCCC2)CC1C(C)C. The highest BCUT2D eigenvalue weighted by molar-refractivity contribution is 5.56. The van der Waals surface area contributed by atoms with Crippen LogP contribution in [-0.4, -0.2) is 62.1 Å². The maximum Gasteiger partial charge on any atom is 0.204 e. The molecule has 140 valence electrons. The van der Waals surface area contributed by atoms with Gasteiger partial charge in [-0.25, -0.2) is 0 Å². The molecule has 0 amide bonds. The van der Waals surface area contributed by atoms with Crippen LogP contribution < -0.4 is 0 Å². The van der Waals surface area contributed by atoms with E-state index < -0.39 is 0 Å². The predicted molar refractivity (Wildman–Crippen MR) is 103 cm³/mol. The van der Waals surface area contributed by atoms with Crippen LogP contribution in [0.2, 0.25) is 0 Å². The molecule has 1 aromatic heterocycles. The van der Waals surface area contributed by atoms with Crippen molar-refractivity contribution in [2.45, 2.75) is 58.7 Å². The van der Waals surface area contributed by atoms with E-state index in [1.54, 1.807) is 0 Å². The van der Waals surface area contributed by atoms with E-state index in [-0.39, 0.29) is 0 Å². The zero-order valence-corrected chi connectivity index (χ0v) is 16.1. The van der Waals surface area contributed by atoms with Gasteiger partial charge in [-0.05, 0) is 67.6 Å². The molecule has 2 aliphatic rings. The minimum absolute atomic E-state index is 0.662. The van der Waals surface area contributed by atoms with Gasteiger partial charge < -0.3 is 0 Å². The van der Waals surface area contributed by atoms with Crippen LogP contribution in [0.1, 0.15) is 44.2 Å². The molecule has 3 heterocycles. The number of nitrogens with zero attached hydrogens (tertiary/aromatic N) is 5. The number of tetrazole rings is 1. The van der Waals surface area contributed by atoms with Gasteiger partial charge in [-0.3, -0.25) is 9.80 Å². The lowest BCUT2D eigenvalue weighted by atomic mass is 9.99. The van der Waals surface area contributed by atoms with Crippen molar-refractivity contribution in [3.8, 4) is 11.4 Å². The highest BCUT2D eigenvalue weighted by Crippen LogP contribution is 2.31. The third kappa shape index (κ3) is 3.53. The normalized spacial score (nSPS) is 24.8. The van der Waals surface area contributed by atoms with Crippen molar-refractivity contribution >= 4 is 0 Å². The Labute approximate surface area is 156 Å². The van der Waals surface area contributed by atoms with E-state index >= 15 is 0 Å². The molecule has 0 aliphatic carbocycles. The predicted octanol–water partition coefficient (Wildman–Crippen LogP) is 2.87. The quantitative estimate of drug-likeness (QED) is 0.895. The molecule has 6 nitrogen and oxygen atoms in total. The van der Waals surface area contributed by atoms with Crippen molar-refractivity contribution in [2.75, 3.05) is 19.6 Å². The monoisotopic (exact) mass is 354 g/mol. The summed E-state index contributed by atoms with van der Waals surface area (Å²) in [6, 6.07) is 7.95. The average Bonchev–Trinajstić information content (AvgIpc) is 3.38. The first kappa shape index (κ1) is 17.6. The molecule has 26 heavy (non-hydrogen) atoms. The van der Waals surface area contributed by atoms with Gasteiger partial charge in [0.15, 0.2) is 0 Å². The van der Waals surface area contributed by atoms with E-state index in [1.165, 1.54) is 50.0 Å². The molecule has 4 rings (SSSR count). The Hall–Kier alpha value is -1.79. The maximum atomic E-state index is 4.09. The van der Waals surface area contributed by atoms with Gasteiger partial charge in [0.25, 0.3) is 0 Å². The number of aromatic amines is 1. The Balaban J connectivity index is 1.49. The average molecular weight is 355 g/mol. The lowest BCUT2D eigenvalue weighted by molar-refractivity contribution is 0.191. The first-order valence-electron chi connectivity index (χ1n) is 9.93. The van der Waals surface area contributed by atoms with Gasteiger partial charge in [-0.1, -0.05) is 26.0 Å². The van der Waals surface area contributed by atoms with Crippen LogP contribution in [0.5, 0.6) is 0 Å². The van der Waals surface area contributed by atoms with Crippen molar-refractivity contribution in [1.29, 1.82) is 0 Å². The highest BCUT2D eigenvalue weighted by Gasteiger charge is 2.37. The Bertz CT molecular complexity index is 720. The number of hydrogen-bond donors (Lipinski definition) is 1. The van der Waals surface area contributed by atoms with E-state index in [9.17, 15) is 0 Å². The Kier molecular flexibility index (Phi) is 5.05. The van der Waals surface area contributed by atoms with Gasteiger partial charge in [-0.2, -0.15) is 5.21 Å². The van der Waals surface area contributed by atoms with Crippen molar-refractivity contribution < 1.29 is 0 Å². The zero-order valence-electron chi connectivity index (χ0n) is 16.1. The molecule has 2 fully saturated rings. The standard InChI is InChI=1S/C20H30N6/c1-14(2)19-11-18(25-8-4-5-9-25)13-26(19)12-17-7-6-16(10-15(17)3)20-21-23-24-22-20/h6-7,10,14,18-19H,4-5,8-9,11-13H2,1-3H3,(H,21,22,23,24). The minimum Gasteiger partial charge on any atom is -0.299 e. The van der Waals surface area contributed by atoms with E-state index in [0.29, 0.717) is 17.8 Å². The molecule has 2 saturated heterocycles. The van der Waals surface area contributed by atoms with Crippen molar-refractivity contribution in [3.63, 3.8) is 0 Å². The summed E-state index contributed by atoms with van der Waals surface area (Å²) in [6.07, 6.45) is 4.07. The van der Waals surface area contributed by atoms with E-state index in [0.717, 1.165) is 18.2 Å². The van der Waals surface area contributed by atoms with Gasteiger partial charge in [0.1, 0.15) is 0 Å². The Morgan fingerprint density at radius 2 is 2.04 bits per heavy atom. The lowest BCUT2D eigenvalue weighted by Crippen LogP contribution is -2.36. The summed E-state index contributed by atoms with van der Waals surface area (Å²) in [5.74, 6) is 1.36. The number of aryl methyl sites for hydroxylation is 1. The molecule has 2 aliphatic heterocycles. The van der Waals surface area contributed by atoms with Crippen LogP contribution in [0.4, 0.5) is 0 Å². The zero-order chi connectivity index (χ0) is 18.1. The van der Waals surface area contributed by atoms with E-state index in [2.05, 4.69) is 69.4 Å². The van der Waals surface area contributed by atoms with Crippen LogP contribution in [0.3, 0.4) is 0 Å². The second-order valence-corrected chi connectivity index (χ2v) is 8.25. The minimum atomic E-state index is 0.662. The molecular weight excluding hydrogens is 324 g/mol. The van der Waals surface area contributed by atoms with Gasteiger partial charge in [0.05, 0.1) is 0 Å². The Morgan fingerprint density at radius 3 is 2.69 bits per heavy atom. The second-order valence-electron chi connectivity index (χ2n) is 8.25. The lowest BCUT2D eigenvalue weighted by Gasteiger charge is -2.28. The highest BCUT2D eigenvalue weighted by atomic mass is 15.5.